The topological polar surface area (TPSA) is 105 Å². The van der Waals surface area contributed by atoms with E-state index < -0.39 is 16.1 Å². The van der Waals surface area contributed by atoms with Crippen LogP contribution in [0.25, 0.3) is 0 Å². The Kier molecular flexibility index (Phi) is 4.89. The van der Waals surface area contributed by atoms with Crippen LogP contribution < -0.4 is 10.5 Å². The number of anilines is 1. The zero-order valence-electron chi connectivity index (χ0n) is 11.3. The molecule has 0 aliphatic rings. The van der Waals surface area contributed by atoms with Crippen LogP contribution in [0.4, 0.5) is 5.82 Å². The summed E-state index contributed by atoms with van der Waals surface area (Å²) in [5.41, 5.74) is 6.37. The SMILES string of the molecule is Nc1ccc(S(=O)(=O)N[C@H](CO)Cc2ccccc2)cn1. The lowest BCUT2D eigenvalue weighted by atomic mass is 10.1. The molecule has 6 nitrogen and oxygen atoms in total. The minimum absolute atomic E-state index is 0.0169. The maximum atomic E-state index is 12.2. The van der Waals surface area contributed by atoms with Gasteiger partial charge < -0.3 is 10.8 Å². The smallest absolute Gasteiger partial charge is 0.242 e. The lowest BCUT2D eigenvalue weighted by Gasteiger charge is -2.16. The molecule has 0 bridgehead atoms. The molecule has 2 rings (SSSR count). The average molecular weight is 307 g/mol. The van der Waals surface area contributed by atoms with Crippen molar-refractivity contribution >= 4 is 15.8 Å². The number of nitrogens with zero attached hydrogens (tertiary/aromatic N) is 1. The van der Waals surface area contributed by atoms with E-state index in [1.54, 1.807) is 0 Å². The Morgan fingerprint density at radius 3 is 2.48 bits per heavy atom. The highest BCUT2D eigenvalue weighted by molar-refractivity contribution is 7.89. The molecular formula is C14H17N3O3S. The number of pyridine rings is 1. The molecule has 21 heavy (non-hydrogen) atoms. The Morgan fingerprint density at radius 2 is 1.90 bits per heavy atom. The number of benzene rings is 1. The largest absolute Gasteiger partial charge is 0.395 e. The molecule has 1 aromatic heterocycles. The first-order chi connectivity index (χ1) is 10.0. The second-order valence-corrected chi connectivity index (χ2v) is 6.32. The number of aliphatic hydroxyl groups excluding tert-OH is 1. The maximum Gasteiger partial charge on any atom is 0.242 e. The lowest BCUT2D eigenvalue weighted by molar-refractivity contribution is 0.256. The van der Waals surface area contributed by atoms with Gasteiger partial charge in [0.15, 0.2) is 0 Å². The van der Waals surface area contributed by atoms with Gasteiger partial charge in [-0.3, -0.25) is 0 Å². The number of aliphatic hydroxyl groups is 1. The summed E-state index contributed by atoms with van der Waals surface area (Å²) >= 11 is 0. The molecule has 0 spiro atoms. The molecule has 0 fully saturated rings. The van der Waals surface area contributed by atoms with E-state index in [-0.39, 0.29) is 17.3 Å². The van der Waals surface area contributed by atoms with E-state index in [0.29, 0.717) is 6.42 Å². The van der Waals surface area contributed by atoms with E-state index >= 15 is 0 Å². The third kappa shape index (κ3) is 4.25. The van der Waals surface area contributed by atoms with E-state index in [0.717, 1.165) is 5.56 Å². The van der Waals surface area contributed by atoms with Gasteiger partial charge in [-0.15, -0.1) is 0 Å². The van der Waals surface area contributed by atoms with Crippen LogP contribution in [0, 0.1) is 0 Å². The molecule has 0 unspecified atom stereocenters. The molecule has 2 aromatic rings. The van der Waals surface area contributed by atoms with Gasteiger partial charge in [-0.25, -0.2) is 18.1 Å². The molecule has 0 radical (unpaired) electrons. The summed E-state index contributed by atoms with van der Waals surface area (Å²) in [6.45, 7) is -0.295. The van der Waals surface area contributed by atoms with Crippen molar-refractivity contribution in [3.8, 4) is 0 Å². The van der Waals surface area contributed by atoms with Crippen molar-refractivity contribution in [3.63, 3.8) is 0 Å². The minimum Gasteiger partial charge on any atom is -0.395 e. The molecule has 0 saturated heterocycles. The number of aromatic nitrogens is 1. The van der Waals surface area contributed by atoms with E-state index in [4.69, 9.17) is 5.73 Å². The molecule has 1 heterocycles. The number of nitrogens with one attached hydrogen (secondary N) is 1. The first-order valence-corrected chi connectivity index (χ1v) is 7.88. The fourth-order valence-electron chi connectivity index (χ4n) is 1.88. The van der Waals surface area contributed by atoms with E-state index in [2.05, 4.69) is 9.71 Å². The molecule has 0 saturated carbocycles. The minimum atomic E-state index is -3.74. The van der Waals surface area contributed by atoms with Crippen molar-refractivity contribution in [2.24, 2.45) is 0 Å². The molecule has 0 aliphatic carbocycles. The highest BCUT2D eigenvalue weighted by Gasteiger charge is 2.20. The standard InChI is InChI=1S/C14H17N3O3S/c15-14-7-6-13(9-16-14)21(19,20)17-12(10-18)8-11-4-2-1-3-5-11/h1-7,9,12,17-18H,8,10H2,(H2,15,16)/t12-/m0/s1. The summed E-state index contributed by atoms with van der Waals surface area (Å²) in [5.74, 6) is 0.247. The average Bonchev–Trinajstić information content (AvgIpc) is 2.48. The molecule has 0 amide bonds. The van der Waals surface area contributed by atoms with Gasteiger partial charge >= 0.3 is 0 Å². The number of rotatable bonds is 6. The second-order valence-electron chi connectivity index (χ2n) is 4.61. The van der Waals surface area contributed by atoms with Gasteiger partial charge in [0.2, 0.25) is 10.0 Å². The number of nitrogens with two attached hydrogens (primary N) is 1. The van der Waals surface area contributed by atoms with E-state index in [9.17, 15) is 13.5 Å². The van der Waals surface area contributed by atoms with Gasteiger partial charge in [-0.05, 0) is 24.1 Å². The van der Waals surface area contributed by atoms with Gasteiger partial charge in [-0.2, -0.15) is 0 Å². The predicted octanol–water partition coefficient (Wildman–Crippen LogP) is 0.546. The Hall–Kier alpha value is -1.96. The Labute approximate surface area is 123 Å². The van der Waals surface area contributed by atoms with E-state index in [1.807, 2.05) is 30.3 Å². The normalized spacial score (nSPS) is 13.0. The summed E-state index contributed by atoms with van der Waals surface area (Å²) in [7, 11) is -3.74. The first-order valence-electron chi connectivity index (χ1n) is 6.40. The Morgan fingerprint density at radius 1 is 1.19 bits per heavy atom. The second kappa shape index (κ2) is 6.66. The highest BCUT2D eigenvalue weighted by Crippen LogP contribution is 2.11. The molecule has 4 N–H and O–H groups in total. The fraction of sp³-hybridized carbons (Fsp3) is 0.214. The molecule has 1 atom stereocenters. The lowest BCUT2D eigenvalue weighted by Crippen LogP contribution is -2.39. The zero-order chi connectivity index (χ0) is 15.3. The van der Waals surface area contributed by atoms with Crippen LogP contribution in [0.3, 0.4) is 0 Å². The summed E-state index contributed by atoms with van der Waals surface area (Å²) in [6, 6.07) is 11.5. The number of hydrogen-bond acceptors (Lipinski definition) is 5. The fourth-order valence-corrected chi connectivity index (χ4v) is 3.05. The molecular weight excluding hydrogens is 290 g/mol. The van der Waals surface area contributed by atoms with Crippen molar-refractivity contribution in [3.05, 3.63) is 54.2 Å². The number of hydrogen-bond donors (Lipinski definition) is 3. The van der Waals surface area contributed by atoms with E-state index in [1.165, 1.54) is 18.3 Å². The van der Waals surface area contributed by atoms with Gasteiger partial charge in [0.1, 0.15) is 10.7 Å². The number of nitrogen functional groups attached to an aromatic ring is 1. The van der Waals surface area contributed by atoms with Crippen LogP contribution >= 0.6 is 0 Å². The third-order valence-corrected chi connectivity index (χ3v) is 4.44. The van der Waals surface area contributed by atoms with Gasteiger partial charge in [0.05, 0.1) is 6.61 Å². The highest BCUT2D eigenvalue weighted by atomic mass is 32.2. The molecule has 1 aromatic carbocycles. The summed E-state index contributed by atoms with van der Waals surface area (Å²) in [4.78, 5) is 3.78. The number of sulfonamides is 1. The predicted molar refractivity (Wildman–Crippen MR) is 80.0 cm³/mol. The monoisotopic (exact) mass is 307 g/mol. The van der Waals surface area contributed by atoms with Crippen molar-refractivity contribution < 1.29 is 13.5 Å². The van der Waals surface area contributed by atoms with Crippen molar-refractivity contribution in [2.75, 3.05) is 12.3 Å². The quantitative estimate of drug-likeness (QED) is 0.722. The summed E-state index contributed by atoms with van der Waals surface area (Å²) in [5, 5.41) is 9.38. The Bertz CT molecular complexity index is 672. The zero-order valence-corrected chi connectivity index (χ0v) is 12.1. The van der Waals surface area contributed by atoms with Crippen LogP contribution in [0.1, 0.15) is 5.56 Å². The van der Waals surface area contributed by atoms with Crippen LogP contribution in [-0.2, 0) is 16.4 Å². The molecule has 112 valence electrons. The van der Waals surface area contributed by atoms with Gasteiger partial charge in [0.25, 0.3) is 0 Å². The van der Waals surface area contributed by atoms with Crippen LogP contribution in [0.5, 0.6) is 0 Å². The van der Waals surface area contributed by atoms with Gasteiger partial charge in [-0.1, -0.05) is 30.3 Å². The third-order valence-electron chi connectivity index (χ3n) is 2.94. The van der Waals surface area contributed by atoms with Crippen LogP contribution in [-0.4, -0.2) is 31.2 Å². The maximum absolute atomic E-state index is 12.2. The van der Waals surface area contributed by atoms with Gasteiger partial charge in [0, 0.05) is 12.2 Å². The Balaban J connectivity index is 2.12. The first kappa shape index (κ1) is 15.4. The van der Waals surface area contributed by atoms with Crippen LogP contribution in [0.15, 0.2) is 53.6 Å². The van der Waals surface area contributed by atoms with Crippen molar-refractivity contribution in [2.45, 2.75) is 17.4 Å². The van der Waals surface area contributed by atoms with Crippen molar-refractivity contribution in [1.29, 1.82) is 0 Å². The molecule has 0 aliphatic heterocycles. The van der Waals surface area contributed by atoms with Crippen LogP contribution in [0.2, 0.25) is 0 Å². The summed E-state index contributed by atoms with van der Waals surface area (Å²) < 4.78 is 26.9. The summed E-state index contributed by atoms with van der Waals surface area (Å²) in [6.07, 6.45) is 1.59. The van der Waals surface area contributed by atoms with Crippen molar-refractivity contribution in [1.82, 2.24) is 9.71 Å². The molecule has 7 heteroatoms.